The molecule has 0 saturated carbocycles. The van der Waals surface area contributed by atoms with Crippen molar-refractivity contribution in [1.82, 2.24) is 0 Å². The summed E-state index contributed by atoms with van der Waals surface area (Å²) in [5.41, 5.74) is 4.65. The first-order chi connectivity index (χ1) is 14.3. The van der Waals surface area contributed by atoms with E-state index in [2.05, 4.69) is 36.4 Å². The molecule has 3 aromatic carbocycles. The largest absolute Gasteiger partial charge is 0.497 e. The molecule has 0 atom stereocenters. The van der Waals surface area contributed by atoms with Crippen molar-refractivity contribution in [2.45, 2.75) is 12.8 Å². The van der Waals surface area contributed by atoms with Gasteiger partial charge in [0.2, 0.25) is 0 Å². The molecule has 0 heterocycles. The Morgan fingerprint density at radius 2 is 1.45 bits per heavy atom. The minimum atomic E-state index is 0.833. The van der Waals surface area contributed by atoms with Gasteiger partial charge in [-0.1, -0.05) is 36.4 Å². The maximum atomic E-state index is 6.07. The van der Waals surface area contributed by atoms with Crippen molar-refractivity contribution in [3.05, 3.63) is 96.3 Å². The van der Waals surface area contributed by atoms with Gasteiger partial charge in [0.25, 0.3) is 0 Å². The molecule has 0 radical (unpaired) electrons. The molecule has 0 unspecified atom stereocenters. The van der Waals surface area contributed by atoms with E-state index in [4.69, 9.17) is 14.2 Å². The first-order valence-corrected chi connectivity index (χ1v) is 9.73. The molecule has 0 amide bonds. The van der Waals surface area contributed by atoms with Crippen LogP contribution in [-0.4, -0.2) is 14.2 Å². The van der Waals surface area contributed by atoms with Gasteiger partial charge in [-0.25, -0.2) is 0 Å². The predicted molar refractivity (Wildman–Crippen MR) is 117 cm³/mol. The van der Waals surface area contributed by atoms with E-state index in [0.717, 1.165) is 47.0 Å². The standard InChI is InChI=1S/C26H24O3/c1-27-22-12-6-9-20(16-22)26-18-23(28-2)14-15-25(26)19-8-7-13-24(17-19)29-21-10-4-3-5-11-21/h3-6,9-18H,7-8H2,1-2H3. The molecule has 0 spiro atoms. The molecule has 3 nitrogen and oxygen atoms in total. The van der Waals surface area contributed by atoms with Crippen molar-refractivity contribution in [3.63, 3.8) is 0 Å². The molecular formula is C26H24O3. The van der Waals surface area contributed by atoms with Crippen LogP contribution in [-0.2, 0) is 0 Å². The third-order valence-corrected chi connectivity index (χ3v) is 5.01. The van der Waals surface area contributed by atoms with Gasteiger partial charge >= 0.3 is 0 Å². The number of benzene rings is 3. The lowest BCUT2D eigenvalue weighted by Crippen LogP contribution is -2.00. The Hall–Kier alpha value is -3.46. The van der Waals surface area contributed by atoms with E-state index in [1.807, 2.05) is 48.5 Å². The zero-order valence-electron chi connectivity index (χ0n) is 16.7. The Morgan fingerprint density at radius 1 is 0.690 bits per heavy atom. The van der Waals surface area contributed by atoms with E-state index in [1.54, 1.807) is 14.2 Å². The molecular weight excluding hydrogens is 360 g/mol. The van der Waals surface area contributed by atoms with Gasteiger partial charge in [0.1, 0.15) is 23.0 Å². The Kier molecular flexibility index (Phi) is 5.66. The van der Waals surface area contributed by atoms with E-state index < -0.39 is 0 Å². The van der Waals surface area contributed by atoms with Gasteiger partial charge in [0, 0.05) is 0 Å². The highest BCUT2D eigenvalue weighted by Gasteiger charge is 2.15. The molecule has 146 valence electrons. The summed E-state index contributed by atoms with van der Waals surface area (Å²) >= 11 is 0. The molecule has 0 N–H and O–H groups in total. The Balaban J connectivity index is 1.73. The number of hydrogen-bond donors (Lipinski definition) is 0. The zero-order chi connectivity index (χ0) is 20.1. The molecule has 4 rings (SSSR count). The monoisotopic (exact) mass is 384 g/mol. The van der Waals surface area contributed by atoms with Gasteiger partial charge in [-0.2, -0.15) is 0 Å². The van der Waals surface area contributed by atoms with Crippen LogP contribution in [0.25, 0.3) is 16.7 Å². The third kappa shape index (κ3) is 4.35. The van der Waals surface area contributed by atoms with Crippen molar-refractivity contribution in [1.29, 1.82) is 0 Å². The molecule has 3 heteroatoms. The minimum Gasteiger partial charge on any atom is -0.497 e. The number of methoxy groups -OCH3 is 2. The highest BCUT2D eigenvalue weighted by Crippen LogP contribution is 2.37. The molecule has 0 saturated heterocycles. The van der Waals surface area contributed by atoms with Gasteiger partial charge in [0.05, 0.1) is 14.2 Å². The maximum Gasteiger partial charge on any atom is 0.127 e. The quantitative estimate of drug-likeness (QED) is 0.485. The Labute approximate surface area is 171 Å². The van der Waals surface area contributed by atoms with E-state index in [1.165, 1.54) is 11.1 Å². The van der Waals surface area contributed by atoms with E-state index in [0.29, 0.717) is 0 Å². The molecule has 0 aliphatic heterocycles. The number of para-hydroxylation sites is 1. The van der Waals surface area contributed by atoms with Crippen LogP contribution in [0.3, 0.4) is 0 Å². The van der Waals surface area contributed by atoms with Crippen LogP contribution in [0.15, 0.2) is 90.7 Å². The van der Waals surface area contributed by atoms with Crippen LogP contribution >= 0.6 is 0 Å². The van der Waals surface area contributed by atoms with Gasteiger partial charge < -0.3 is 14.2 Å². The van der Waals surface area contributed by atoms with Gasteiger partial charge in [-0.15, -0.1) is 0 Å². The first kappa shape index (κ1) is 18.9. The first-order valence-electron chi connectivity index (χ1n) is 9.73. The molecule has 29 heavy (non-hydrogen) atoms. The molecule has 0 fully saturated rings. The van der Waals surface area contributed by atoms with Crippen LogP contribution in [0.1, 0.15) is 18.4 Å². The van der Waals surface area contributed by atoms with Crippen molar-refractivity contribution in [2.75, 3.05) is 14.2 Å². The fourth-order valence-corrected chi connectivity index (χ4v) is 3.54. The van der Waals surface area contributed by atoms with Gasteiger partial charge in [-0.3, -0.25) is 0 Å². The fourth-order valence-electron chi connectivity index (χ4n) is 3.54. The average Bonchev–Trinajstić information content (AvgIpc) is 2.79. The van der Waals surface area contributed by atoms with Gasteiger partial charge in [0.15, 0.2) is 0 Å². The van der Waals surface area contributed by atoms with Crippen molar-refractivity contribution < 1.29 is 14.2 Å². The molecule has 1 aliphatic carbocycles. The van der Waals surface area contributed by atoms with Crippen LogP contribution in [0, 0.1) is 0 Å². The molecule has 0 bridgehead atoms. The Bertz CT molecular complexity index is 1050. The van der Waals surface area contributed by atoms with E-state index >= 15 is 0 Å². The topological polar surface area (TPSA) is 27.7 Å². The van der Waals surface area contributed by atoms with Crippen molar-refractivity contribution in [3.8, 4) is 28.4 Å². The summed E-state index contributed by atoms with van der Waals surface area (Å²) < 4.78 is 17.0. The van der Waals surface area contributed by atoms with Crippen molar-refractivity contribution >= 4 is 5.57 Å². The average molecular weight is 384 g/mol. The Morgan fingerprint density at radius 3 is 2.24 bits per heavy atom. The molecule has 1 aliphatic rings. The highest BCUT2D eigenvalue weighted by molar-refractivity contribution is 5.84. The molecule has 0 aromatic heterocycles. The summed E-state index contributed by atoms with van der Waals surface area (Å²) in [7, 11) is 3.38. The summed E-state index contributed by atoms with van der Waals surface area (Å²) in [6.45, 7) is 0. The zero-order valence-corrected chi connectivity index (χ0v) is 16.7. The highest BCUT2D eigenvalue weighted by atomic mass is 16.5. The SMILES string of the molecule is COc1cccc(-c2cc(OC)ccc2C2=CC(Oc3ccccc3)=CCC2)c1. The lowest BCUT2D eigenvalue weighted by molar-refractivity contribution is 0.414. The van der Waals surface area contributed by atoms with Crippen LogP contribution in [0.4, 0.5) is 0 Å². The second kappa shape index (κ2) is 8.70. The second-order valence-electron chi connectivity index (χ2n) is 6.87. The number of hydrogen-bond acceptors (Lipinski definition) is 3. The van der Waals surface area contributed by atoms with Crippen LogP contribution in [0.5, 0.6) is 17.2 Å². The van der Waals surface area contributed by atoms with Crippen molar-refractivity contribution in [2.24, 2.45) is 0 Å². The second-order valence-corrected chi connectivity index (χ2v) is 6.87. The summed E-state index contributed by atoms with van der Waals surface area (Å²) in [6.07, 6.45) is 6.19. The summed E-state index contributed by atoms with van der Waals surface area (Å²) in [4.78, 5) is 0. The minimum absolute atomic E-state index is 0.833. The number of rotatable bonds is 6. The van der Waals surface area contributed by atoms with Gasteiger partial charge in [-0.05, 0) is 83.7 Å². The van der Waals surface area contributed by atoms with E-state index in [-0.39, 0.29) is 0 Å². The lowest BCUT2D eigenvalue weighted by Gasteiger charge is -2.19. The lowest BCUT2D eigenvalue weighted by atomic mass is 9.89. The summed E-state index contributed by atoms with van der Waals surface area (Å²) in [6, 6.07) is 24.2. The number of allylic oxidation sites excluding steroid dienone is 3. The summed E-state index contributed by atoms with van der Waals surface area (Å²) in [5.74, 6) is 3.39. The van der Waals surface area contributed by atoms with Crippen LogP contribution in [0.2, 0.25) is 0 Å². The fraction of sp³-hybridized carbons (Fsp3) is 0.154. The normalized spacial score (nSPS) is 13.3. The summed E-state index contributed by atoms with van der Waals surface area (Å²) in [5, 5.41) is 0. The molecule has 3 aromatic rings. The number of ether oxygens (including phenoxy) is 3. The predicted octanol–water partition coefficient (Wildman–Crippen LogP) is 6.51. The third-order valence-electron chi connectivity index (χ3n) is 5.01. The van der Waals surface area contributed by atoms with E-state index in [9.17, 15) is 0 Å². The smallest absolute Gasteiger partial charge is 0.127 e. The van der Waals surface area contributed by atoms with Crippen LogP contribution < -0.4 is 14.2 Å². The maximum absolute atomic E-state index is 6.07.